The molecule has 0 radical (unpaired) electrons. The first-order valence-corrected chi connectivity index (χ1v) is 9.68. The maximum absolute atomic E-state index is 11.1. The van der Waals surface area contributed by atoms with Crippen LogP contribution in [0.2, 0.25) is 0 Å². The molecule has 0 unspecified atom stereocenters. The number of hydrogen-bond donors (Lipinski definition) is 2. The molecule has 2 N–H and O–H groups in total. The molecule has 1 aliphatic heterocycles. The Kier molecular flexibility index (Phi) is 6.06. The van der Waals surface area contributed by atoms with E-state index in [1.165, 1.54) is 5.56 Å². The maximum atomic E-state index is 11.1. The molecular formula is C20H23NO4S. The van der Waals surface area contributed by atoms with E-state index in [-0.39, 0.29) is 5.37 Å². The Morgan fingerprint density at radius 1 is 1.23 bits per heavy atom. The Labute approximate surface area is 157 Å². The van der Waals surface area contributed by atoms with Crippen LogP contribution in [0.15, 0.2) is 42.5 Å². The van der Waals surface area contributed by atoms with Gasteiger partial charge in [0.25, 0.3) is 0 Å². The van der Waals surface area contributed by atoms with Crippen molar-refractivity contribution in [1.82, 2.24) is 5.32 Å². The molecule has 0 aliphatic carbocycles. The van der Waals surface area contributed by atoms with Crippen molar-refractivity contribution >= 4 is 17.7 Å². The Morgan fingerprint density at radius 3 is 2.73 bits per heavy atom. The van der Waals surface area contributed by atoms with Crippen molar-refractivity contribution in [2.24, 2.45) is 0 Å². The van der Waals surface area contributed by atoms with Gasteiger partial charge in [-0.2, -0.15) is 0 Å². The molecule has 1 saturated heterocycles. The molecule has 1 aliphatic rings. The summed E-state index contributed by atoms with van der Waals surface area (Å²) in [6.45, 7) is 5.00. The summed E-state index contributed by atoms with van der Waals surface area (Å²) in [4.78, 5) is 11.1. The van der Waals surface area contributed by atoms with Gasteiger partial charge in [-0.1, -0.05) is 30.3 Å². The minimum absolute atomic E-state index is 0.0549. The minimum Gasteiger partial charge on any atom is -0.490 e. The second-order valence-electron chi connectivity index (χ2n) is 6.13. The smallest absolute Gasteiger partial charge is 0.321 e. The Bertz CT molecular complexity index is 780. The lowest BCUT2D eigenvalue weighted by atomic mass is 10.1. The van der Waals surface area contributed by atoms with Gasteiger partial charge in [-0.05, 0) is 42.7 Å². The highest BCUT2D eigenvalue weighted by molar-refractivity contribution is 7.99. The quantitative estimate of drug-likeness (QED) is 0.770. The van der Waals surface area contributed by atoms with E-state index in [4.69, 9.17) is 14.6 Å². The second kappa shape index (κ2) is 8.47. The van der Waals surface area contributed by atoms with E-state index < -0.39 is 12.0 Å². The summed E-state index contributed by atoms with van der Waals surface area (Å²) >= 11 is 1.59. The van der Waals surface area contributed by atoms with E-state index >= 15 is 0 Å². The Morgan fingerprint density at radius 2 is 2.04 bits per heavy atom. The molecule has 0 saturated carbocycles. The number of hydrogen-bond acceptors (Lipinski definition) is 5. The molecule has 26 heavy (non-hydrogen) atoms. The van der Waals surface area contributed by atoms with E-state index in [2.05, 4.69) is 24.4 Å². The zero-order valence-corrected chi connectivity index (χ0v) is 15.7. The number of aryl methyl sites for hydroxylation is 1. The predicted molar refractivity (Wildman–Crippen MR) is 103 cm³/mol. The fourth-order valence-corrected chi connectivity index (χ4v) is 4.03. The van der Waals surface area contributed by atoms with Crippen molar-refractivity contribution in [3.8, 4) is 11.5 Å². The van der Waals surface area contributed by atoms with Crippen molar-refractivity contribution in [3.63, 3.8) is 0 Å². The summed E-state index contributed by atoms with van der Waals surface area (Å²) in [6, 6.07) is 13.4. The first-order chi connectivity index (χ1) is 12.6. The summed E-state index contributed by atoms with van der Waals surface area (Å²) in [5, 5.41) is 12.2. The predicted octanol–water partition coefficient (Wildman–Crippen LogP) is 3.76. The monoisotopic (exact) mass is 373 g/mol. The number of carboxylic acids is 1. The van der Waals surface area contributed by atoms with Crippen LogP contribution >= 0.6 is 11.8 Å². The van der Waals surface area contributed by atoms with Crippen LogP contribution in [0.4, 0.5) is 0 Å². The summed E-state index contributed by atoms with van der Waals surface area (Å²) in [5.74, 6) is 1.11. The number of carbonyl (C=O) groups is 1. The van der Waals surface area contributed by atoms with E-state index in [0.717, 1.165) is 11.1 Å². The normalized spacial score (nSPS) is 19.3. The molecule has 0 amide bonds. The fourth-order valence-electron chi connectivity index (χ4n) is 2.81. The highest BCUT2D eigenvalue weighted by Gasteiger charge is 2.30. The highest BCUT2D eigenvalue weighted by Crippen LogP contribution is 2.38. The van der Waals surface area contributed by atoms with Gasteiger partial charge >= 0.3 is 5.97 Å². The molecule has 0 bridgehead atoms. The molecule has 6 heteroatoms. The molecule has 1 heterocycles. The molecule has 2 atom stereocenters. The number of carboxylic acid groups (broad SMARTS) is 1. The number of benzene rings is 2. The lowest BCUT2D eigenvalue weighted by Gasteiger charge is -2.17. The average molecular weight is 373 g/mol. The van der Waals surface area contributed by atoms with Crippen LogP contribution in [0.1, 0.15) is 29.0 Å². The van der Waals surface area contributed by atoms with E-state index in [0.29, 0.717) is 30.5 Å². The van der Waals surface area contributed by atoms with Gasteiger partial charge in [0, 0.05) is 5.75 Å². The maximum Gasteiger partial charge on any atom is 0.321 e. The van der Waals surface area contributed by atoms with Crippen molar-refractivity contribution in [2.45, 2.75) is 31.9 Å². The second-order valence-corrected chi connectivity index (χ2v) is 7.26. The third kappa shape index (κ3) is 4.31. The first-order valence-electron chi connectivity index (χ1n) is 8.63. The van der Waals surface area contributed by atoms with Crippen LogP contribution in [-0.4, -0.2) is 29.5 Å². The van der Waals surface area contributed by atoms with Gasteiger partial charge in [0.15, 0.2) is 11.5 Å². The molecular weight excluding hydrogens is 350 g/mol. The van der Waals surface area contributed by atoms with Crippen molar-refractivity contribution < 1.29 is 19.4 Å². The zero-order chi connectivity index (χ0) is 18.5. The lowest BCUT2D eigenvalue weighted by Crippen LogP contribution is -2.33. The van der Waals surface area contributed by atoms with Crippen LogP contribution in [-0.2, 0) is 11.4 Å². The van der Waals surface area contributed by atoms with E-state index in [9.17, 15) is 4.79 Å². The molecule has 5 nitrogen and oxygen atoms in total. The van der Waals surface area contributed by atoms with Crippen LogP contribution < -0.4 is 14.8 Å². The molecule has 0 aromatic heterocycles. The lowest BCUT2D eigenvalue weighted by molar-refractivity contribution is -0.138. The highest BCUT2D eigenvalue weighted by atomic mass is 32.2. The van der Waals surface area contributed by atoms with Crippen LogP contribution in [0, 0.1) is 6.92 Å². The number of ether oxygens (including phenoxy) is 2. The summed E-state index contributed by atoms with van der Waals surface area (Å²) < 4.78 is 11.7. The van der Waals surface area contributed by atoms with Crippen molar-refractivity contribution in [2.75, 3.05) is 12.4 Å². The van der Waals surface area contributed by atoms with Gasteiger partial charge < -0.3 is 14.6 Å². The molecule has 1 fully saturated rings. The summed E-state index contributed by atoms with van der Waals surface area (Å²) in [7, 11) is 0. The molecule has 138 valence electrons. The third-order valence-corrected chi connectivity index (χ3v) is 5.56. The summed E-state index contributed by atoms with van der Waals surface area (Å²) in [6.07, 6.45) is 0. The largest absolute Gasteiger partial charge is 0.490 e. The average Bonchev–Trinajstić information content (AvgIpc) is 3.12. The van der Waals surface area contributed by atoms with Gasteiger partial charge in [0.2, 0.25) is 0 Å². The number of rotatable bonds is 7. The molecule has 3 rings (SSSR count). The first kappa shape index (κ1) is 18.6. The van der Waals surface area contributed by atoms with Crippen LogP contribution in [0.25, 0.3) is 0 Å². The summed E-state index contributed by atoms with van der Waals surface area (Å²) in [5.41, 5.74) is 3.31. The van der Waals surface area contributed by atoms with Gasteiger partial charge in [0.1, 0.15) is 12.6 Å². The fraction of sp³-hybridized carbons (Fsp3) is 0.350. The van der Waals surface area contributed by atoms with Crippen LogP contribution in [0.3, 0.4) is 0 Å². The van der Waals surface area contributed by atoms with Crippen LogP contribution in [0.5, 0.6) is 11.5 Å². The van der Waals surface area contributed by atoms with Crippen molar-refractivity contribution in [3.05, 3.63) is 59.2 Å². The zero-order valence-electron chi connectivity index (χ0n) is 14.9. The van der Waals surface area contributed by atoms with Gasteiger partial charge in [-0.3, -0.25) is 10.1 Å². The van der Waals surface area contributed by atoms with Gasteiger partial charge in [-0.25, -0.2) is 0 Å². The Hall–Kier alpha value is -2.18. The SMILES string of the molecule is CCOc1cc([C@@H]2N[C@@H](C(=O)O)CS2)ccc1OCc1ccccc1C. The number of aliphatic carboxylic acids is 1. The number of thioether (sulfide) groups is 1. The standard InChI is InChI=1S/C20H23NO4S/c1-3-24-18-10-14(19-21-16(12-26-19)20(22)23)8-9-17(18)25-11-15-7-5-4-6-13(15)2/h4-10,16,19,21H,3,11-12H2,1-2H3,(H,22,23)/t16-,19-/m1/s1. The topological polar surface area (TPSA) is 67.8 Å². The van der Waals surface area contributed by atoms with Gasteiger partial charge in [0.05, 0.1) is 12.0 Å². The Balaban J connectivity index is 1.74. The van der Waals surface area contributed by atoms with Gasteiger partial charge in [-0.15, -0.1) is 11.8 Å². The molecule has 2 aromatic rings. The third-order valence-electron chi connectivity index (χ3n) is 4.30. The molecule has 2 aromatic carbocycles. The molecule has 0 spiro atoms. The number of nitrogens with one attached hydrogen (secondary N) is 1. The minimum atomic E-state index is -0.816. The van der Waals surface area contributed by atoms with E-state index in [1.807, 2.05) is 37.3 Å². The van der Waals surface area contributed by atoms with E-state index in [1.54, 1.807) is 11.8 Å². The van der Waals surface area contributed by atoms with Crippen molar-refractivity contribution in [1.29, 1.82) is 0 Å².